The number of nitrogen functional groups attached to an aromatic ring is 7. The lowest BCUT2D eigenvalue weighted by Gasteiger charge is -2.15. The topological polar surface area (TPSA) is 759 Å². The number of fused-ring (bicyclic) bond motifs is 4. The zero-order valence-electron chi connectivity index (χ0n) is 68.0. The van der Waals surface area contributed by atoms with Gasteiger partial charge in [0, 0.05) is 72.6 Å². The molecule has 12 aromatic heterocycles. The van der Waals surface area contributed by atoms with Crippen LogP contribution in [0.25, 0.3) is 22.3 Å². The molecule has 0 saturated heterocycles. The van der Waals surface area contributed by atoms with Gasteiger partial charge in [-0.05, 0) is 88.4 Å². The van der Waals surface area contributed by atoms with E-state index in [9.17, 15) is 0 Å². The molecule has 124 heavy (non-hydrogen) atoms. The summed E-state index contributed by atoms with van der Waals surface area (Å²) in [6.45, 7) is 9.06. The first-order chi connectivity index (χ1) is 59.5. The molecule has 50 heteroatoms. The third-order valence-electron chi connectivity index (χ3n) is 18.1. The lowest BCUT2D eigenvalue weighted by atomic mass is 10.2. The van der Waals surface area contributed by atoms with Gasteiger partial charge in [0.15, 0.2) is 75.4 Å². The monoisotopic (exact) mass is 1680 g/mol. The number of aliphatic hydroxyl groups excluding tert-OH is 2. The van der Waals surface area contributed by atoms with Crippen molar-refractivity contribution in [2.24, 2.45) is 83.7 Å². The maximum atomic E-state index is 9.14. The summed E-state index contributed by atoms with van der Waals surface area (Å²) in [4.78, 5) is 72.9. The molecule has 0 aromatic carbocycles. The van der Waals surface area contributed by atoms with Gasteiger partial charge in [0.25, 0.3) is 0 Å². The van der Waals surface area contributed by atoms with Crippen molar-refractivity contribution in [3.05, 3.63) is 139 Å². The normalized spacial score (nSPS) is 15.5. The minimum Gasteiger partial charge on any atom is -0.396 e. The number of hydrogen-bond acceptors (Lipinski definition) is 40. The quantitative estimate of drug-likeness (QED) is 0.0553. The van der Waals surface area contributed by atoms with Gasteiger partial charge in [-0.1, -0.05) is 12.1 Å². The number of aromatic nitrogens is 16. The van der Waals surface area contributed by atoms with Crippen molar-refractivity contribution in [2.75, 3.05) is 132 Å². The summed E-state index contributed by atoms with van der Waals surface area (Å²) in [5, 5.41) is 74.3. The van der Waals surface area contributed by atoms with E-state index in [0.717, 1.165) is 28.4 Å². The van der Waals surface area contributed by atoms with E-state index in [4.69, 9.17) is 99.8 Å². The van der Waals surface area contributed by atoms with Gasteiger partial charge in [0.1, 0.15) is 91.8 Å². The number of nitrogens with zero attached hydrogens (tertiary/aromatic N) is 30. The molecule has 0 atom stereocenters. The molecule has 0 amide bonds. The Labute approximate surface area is 703 Å². The number of nitrogens with one attached hydrogen (secondary N) is 6. The number of aliphatic hydroxyl groups is 2. The first-order valence-electron chi connectivity index (χ1n) is 37.6. The van der Waals surface area contributed by atoms with Gasteiger partial charge in [-0.3, -0.25) is 15.8 Å². The number of hydrazone groups is 1. The van der Waals surface area contributed by atoms with Crippen LogP contribution in [0.4, 0.5) is 115 Å². The first kappa shape index (κ1) is 84.4. The van der Waals surface area contributed by atoms with Crippen LogP contribution < -0.4 is 99.9 Å². The second kappa shape index (κ2) is 36.2. The van der Waals surface area contributed by atoms with Gasteiger partial charge in [-0.2, -0.15) is 59.6 Å². The average Bonchev–Trinajstić information content (AvgIpc) is 1.54. The molecule has 16 heterocycles. The third-order valence-corrected chi connectivity index (χ3v) is 18.1. The van der Waals surface area contributed by atoms with Gasteiger partial charge >= 0.3 is 0 Å². The molecule has 16 rings (SSSR count). The van der Waals surface area contributed by atoms with Crippen LogP contribution in [0.15, 0.2) is 189 Å². The smallest absolute Gasteiger partial charge is 0.245 e. The van der Waals surface area contributed by atoms with E-state index in [1.807, 2.05) is 120 Å². The Morgan fingerprint density at radius 2 is 1.10 bits per heavy atom. The number of aryl methyl sites for hydroxylation is 2. The van der Waals surface area contributed by atoms with Crippen molar-refractivity contribution >= 4 is 213 Å². The molecule has 0 unspecified atom stereocenters. The lowest BCUT2D eigenvalue weighted by Crippen LogP contribution is -2.39. The van der Waals surface area contributed by atoms with Gasteiger partial charge in [0.2, 0.25) is 11.9 Å². The van der Waals surface area contributed by atoms with Crippen molar-refractivity contribution in [2.45, 2.75) is 34.2 Å². The Morgan fingerprint density at radius 1 is 0.524 bits per heavy atom. The van der Waals surface area contributed by atoms with Crippen LogP contribution in [0.5, 0.6) is 0 Å². The van der Waals surface area contributed by atoms with Crippen LogP contribution in [-0.4, -0.2) is 230 Å². The molecule has 50 nitrogen and oxygen atoms in total. The first-order valence-corrected chi connectivity index (χ1v) is 37.6. The maximum absolute atomic E-state index is 9.14. The highest BCUT2D eigenvalue weighted by Crippen LogP contribution is 2.38. The SMILES string of the molecule is CCN1N=C(C)C(=Nc2cc(N)c(NCCO)nc2Nc2c(C)nn(CC)c2N)C1=N.CN(C)c1ccnc2c(N=C3C=C(N)C(N)=NC3=Nc3cnn4c(N(C)C)ccnc34)cnn12.N=C1N=C(N)C(=Nc2cc(N)c(N)nc2Nc2c(N)nc(N)nc2N)C(N)=N1.NC1=CC(=Nc2cnn3ccccc23)C(Nc2cnn3ccccc23)=NC1=NCCO. The van der Waals surface area contributed by atoms with Crippen molar-refractivity contribution in [3.8, 4) is 0 Å². The molecular weight excluding hydrogens is 1590 g/mol. The second-order valence-electron chi connectivity index (χ2n) is 27.1. The number of dihydropyridines is 2. The molecule has 636 valence electrons. The van der Waals surface area contributed by atoms with Gasteiger partial charge in [0.05, 0.1) is 95.4 Å². The minimum atomic E-state index is -0.346. The van der Waals surface area contributed by atoms with Crippen LogP contribution in [0, 0.1) is 17.7 Å². The number of amidine groups is 7. The highest BCUT2D eigenvalue weighted by Gasteiger charge is 2.28. The molecule has 0 fully saturated rings. The number of hydrogen-bond donors (Lipinski definition) is 20. The number of guanidine groups is 1. The molecular formula is C74H88N48O2. The molecule has 0 bridgehead atoms. The second-order valence-corrected chi connectivity index (χ2v) is 27.1. The average molecular weight is 1680 g/mol. The van der Waals surface area contributed by atoms with E-state index >= 15 is 0 Å². The standard InChI is InChI=1S/C21H23N13.C21H19N9O.C19H29N11O.C13H17N15/c1-31(2)16-5-7-24-20-14(10-26-33(16)20)28-13-9-12(22)18(23)30-19(13)29-15-11-27-34-17(32(3)4)6-8-25-21(15)34;22-14-11-15(26-16-12-24-29-8-3-1-5-18(16)29)21(28-20(14)23-7-10-31)27-17-13-25-30-9-4-2-6-19(17)30;1-5-29-16(21)14(10(3)27-29)24-13-9-12(20)18(23-7-8-31)26-19(13)25-15-11(4)28-30(6-2)17(15)22;14-2-1-3(22-4-7(16)25-12(20)26-8(4)17)11(24-6(2)15)23-5-9(18)27-13(21)28-10(5)19/h5-11H,22H2,1-4H3,(H2,23,29,30);1-6,8-9,11-13,31H,7,10,22H2,(H,23,27,28);9,21,31H,5-8,20,22H2,1-4H3,(H2,23,25,26);1H,14H2,(H3,15,23,24)(H5,16,17,20,25,26)(H6,18,19,21,27,28). The largest absolute Gasteiger partial charge is 0.396 e. The van der Waals surface area contributed by atoms with E-state index in [1.165, 1.54) is 6.07 Å². The van der Waals surface area contributed by atoms with E-state index in [-0.39, 0.29) is 107 Å². The van der Waals surface area contributed by atoms with Crippen LogP contribution in [0.1, 0.15) is 26.5 Å². The fourth-order valence-electron chi connectivity index (χ4n) is 12.1. The fraction of sp³-hybridized carbons (Fsp3) is 0.189. The predicted octanol–water partition coefficient (Wildman–Crippen LogP) is 2.67. The number of rotatable bonds is 19. The molecule has 0 radical (unpaired) electrons. The molecule has 0 saturated carbocycles. The van der Waals surface area contributed by atoms with Crippen molar-refractivity contribution in [1.29, 1.82) is 10.8 Å². The summed E-state index contributed by atoms with van der Waals surface area (Å²) in [6.07, 6.45) is 17.1. The molecule has 4 aliphatic heterocycles. The summed E-state index contributed by atoms with van der Waals surface area (Å²) in [5.41, 5.74) is 81.7. The van der Waals surface area contributed by atoms with E-state index in [2.05, 4.69) is 122 Å². The maximum Gasteiger partial charge on any atom is 0.245 e. The highest BCUT2D eigenvalue weighted by atomic mass is 16.3. The van der Waals surface area contributed by atoms with Gasteiger partial charge < -0.3 is 110 Å². The molecule has 4 aliphatic rings. The zero-order chi connectivity index (χ0) is 88.5. The Kier molecular flexibility index (Phi) is 24.6. The summed E-state index contributed by atoms with van der Waals surface area (Å²) in [6, 6.07) is 18.4. The minimum absolute atomic E-state index is 0.0194. The number of anilines is 15. The van der Waals surface area contributed by atoms with Crippen molar-refractivity contribution in [1.82, 2.24) is 83.1 Å². The molecule has 0 aliphatic carbocycles. The van der Waals surface area contributed by atoms with E-state index < -0.39 is 0 Å². The van der Waals surface area contributed by atoms with Gasteiger partial charge in [-0.25, -0.2) is 73.6 Å². The highest BCUT2D eigenvalue weighted by molar-refractivity contribution is 6.70. The lowest BCUT2D eigenvalue weighted by molar-refractivity contribution is 0.307. The number of aliphatic imine (C=N–C) groups is 10. The van der Waals surface area contributed by atoms with Gasteiger partial charge in [-0.15, -0.1) is 0 Å². The van der Waals surface area contributed by atoms with Crippen molar-refractivity contribution in [3.63, 3.8) is 0 Å². The fourth-order valence-corrected chi connectivity index (χ4v) is 12.1. The Hall–Kier alpha value is -17.5. The third kappa shape index (κ3) is 18.1. The molecule has 12 aromatic rings. The Balaban J connectivity index is 0.000000142. The Bertz CT molecular complexity index is 6460. The molecule has 32 N–H and O–H groups in total. The van der Waals surface area contributed by atoms with E-state index in [1.54, 1.807) is 90.1 Å². The zero-order valence-corrected chi connectivity index (χ0v) is 68.0. The predicted molar refractivity (Wildman–Crippen MR) is 487 cm³/mol. The summed E-state index contributed by atoms with van der Waals surface area (Å²) < 4.78 is 8.61. The number of pyridine rings is 4. The van der Waals surface area contributed by atoms with Crippen LogP contribution in [0.2, 0.25) is 0 Å². The molecule has 0 spiro atoms. The summed E-state index contributed by atoms with van der Waals surface area (Å²) in [7, 11) is 7.72. The van der Waals surface area contributed by atoms with Crippen LogP contribution >= 0.6 is 0 Å². The number of nitrogens with two attached hydrogens (primary N) is 12. The van der Waals surface area contributed by atoms with Crippen LogP contribution in [0.3, 0.4) is 0 Å². The summed E-state index contributed by atoms with van der Waals surface area (Å²) >= 11 is 0. The van der Waals surface area contributed by atoms with E-state index in [0.29, 0.717) is 134 Å². The van der Waals surface area contributed by atoms with Crippen molar-refractivity contribution < 1.29 is 10.2 Å². The summed E-state index contributed by atoms with van der Waals surface area (Å²) in [5.74, 6) is 3.89. The van der Waals surface area contributed by atoms with Crippen LogP contribution in [-0.2, 0) is 6.54 Å². The Morgan fingerprint density at radius 3 is 1.72 bits per heavy atom.